The number of halogens is 1. The number of aryl methyl sites for hydroxylation is 1. The van der Waals surface area contributed by atoms with Crippen molar-refractivity contribution < 1.29 is 32.3 Å². The predicted octanol–water partition coefficient (Wildman–Crippen LogP) is 8.24. The van der Waals surface area contributed by atoms with Gasteiger partial charge in [0.05, 0.1) is 18.5 Å². The van der Waals surface area contributed by atoms with Gasteiger partial charge in [-0.15, -0.1) is 0 Å². The van der Waals surface area contributed by atoms with Crippen LogP contribution in [0.25, 0.3) is 0 Å². The number of benzene rings is 2. The number of hydrogen-bond acceptors (Lipinski definition) is 7. The molecule has 4 atom stereocenters. The number of hydrogen-bond donors (Lipinski definition) is 3. The van der Waals surface area contributed by atoms with Crippen LogP contribution >= 0.6 is 11.6 Å². The van der Waals surface area contributed by atoms with Crippen LogP contribution in [0.4, 0.5) is 5.69 Å². The number of carbonyl (C=O) groups is 1. The Labute approximate surface area is 300 Å². The van der Waals surface area contributed by atoms with E-state index in [2.05, 4.69) is 36.3 Å². The minimum absolute atomic E-state index is 0.164. The summed E-state index contributed by atoms with van der Waals surface area (Å²) in [7, 11) is -4.09. The minimum atomic E-state index is -4.09. The van der Waals surface area contributed by atoms with Gasteiger partial charge < -0.3 is 19.9 Å². The number of nitrogens with zero attached hydrogens (tertiary/aromatic N) is 1. The maximum atomic E-state index is 12.9. The van der Waals surface area contributed by atoms with E-state index >= 15 is 0 Å². The second-order valence-corrected chi connectivity index (χ2v) is 17.0. The van der Waals surface area contributed by atoms with Gasteiger partial charge in [0.2, 0.25) is 0 Å². The Kier molecular flexibility index (Phi) is 10.7. The van der Waals surface area contributed by atoms with Crippen molar-refractivity contribution in [3.05, 3.63) is 82.1 Å². The van der Waals surface area contributed by atoms with E-state index in [0.29, 0.717) is 54.7 Å². The van der Waals surface area contributed by atoms with Crippen LogP contribution in [-0.4, -0.2) is 53.0 Å². The van der Waals surface area contributed by atoms with Crippen LogP contribution in [0.15, 0.2) is 54.7 Å². The number of pyridine rings is 1. The zero-order valence-electron chi connectivity index (χ0n) is 29.2. The number of aromatic nitrogens is 1. The van der Waals surface area contributed by atoms with Crippen LogP contribution in [0.1, 0.15) is 100 Å². The normalized spacial score (nSPS) is 25.7. The summed E-state index contributed by atoms with van der Waals surface area (Å²) < 4.78 is 44.6. The van der Waals surface area contributed by atoms with E-state index in [9.17, 15) is 22.9 Å². The molecule has 0 amide bonds. The highest BCUT2D eigenvalue weighted by molar-refractivity contribution is 7.85. The lowest BCUT2D eigenvalue weighted by Crippen LogP contribution is -2.53. The Morgan fingerprint density at radius 3 is 2.62 bits per heavy atom. The number of fused-ring (bicyclic) bond motifs is 3. The average molecular weight is 725 g/mol. The fourth-order valence-electron chi connectivity index (χ4n) is 8.76. The number of ether oxygens (including phenoxy) is 2. The van der Waals surface area contributed by atoms with E-state index < -0.39 is 27.7 Å². The van der Waals surface area contributed by atoms with E-state index in [-0.39, 0.29) is 29.4 Å². The number of rotatable bonds is 13. The standard InChI is InChI=1S/C39H49ClN2O7S/c1-25(24-48-35-12-18-41-34-9-4-6-26(2)36(34)35)20-29-21-28-10-11-32(49-27(3)13-19-50(45,46)47)23-33(28)38(29)14-16-39(17-15-38,37(43)44)42-31-8-5-7-30(40)22-31/h5,7-8,10-12,18,22-23,25-27,29,42H,4,6,9,13-17,19-21,24H2,1-3H3,(H,43,44)(H,45,46,47)/t25-,26-,27?,29+,38?,39?/m1/s1. The molecule has 3 aliphatic rings. The largest absolute Gasteiger partial charge is 0.493 e. The molecule has 0 radical (unpaired) electrons. The Bertz CT molecular complexity index is 1810. The molecule has 3 aromatic rings. The summed E-state index contributed by atoms with van der Waals surface area (Å²) in [5.74, 6) is 1.29. The first-order chi connectivity index (χ1) is 23.8. The molecule has 2 aromatic carbocycles. The average Bonchev–Trinajstić information content (AvgIpc) is 3.35. The maximum Gasteiger partial charge on any atom is 0.329 e. The van der Waals surface area contributed by atoms with Gasteiger partial charge in [-0.1, -0.05) is 37.6 Å². The molecule has 1 spiro atoms. The lowest BCUT2D eigenvalue weighted by molar-refractivity contribution is -0.144. The molecule has 1 saturated carbocycles. The summed E-state index contributed by atoms with van der Waals surface area (Å²) in [5.41, 5.74) is 4.12. The molecule has 0 saturated heterocycles. The van der Waals surface area contributed by atoms with Gasteiger partial charge in [-0.2, -0.15) is 8.42 Å². The monoisotopic (exact) mass is 724 g/mol. The van der Waals surface area contributed by atoms with Crippen molar-refractivity contribution in [3.63, 3.8) is 0 Å². The zero-order chi connectivity index (χ0) is 35.7. The highest BCUT2D eigenvalue weighted by atomic mass is 35.5. The first-order valence-electron chi connectivity index (χ1n) is 17.9. The highest BCUT2D eigenvalue weighted by Gasteiger charge is 2.54. The first-order valence-corrected chi connectivity index (χ1v) is 19.9. The Morgan fingerprint density at radius 1 is 1.12 bits per heavy atom. The van der Waals surface area contributed by atoms with Crippen molar-refractivity contribution in [3.8, 4) is 11.5 Å². The Morgan fingerprint density at radius 2 is 1.90 bits per heavy atom. The quantitative estimate of drug-likeness (QED) is 0.149. The summed E-state index contributed by atoms with van der Waals surface area (Å²) >= 11 is 6.25. The molecule has 9 nitrogen and oxygen atoms in total. The number of aliphatic carboxylic acids is 1. The van der Waals surface area contributed by atoms with Gasteiger partial charge in [0, 0.05) is 34.6 Å². The number of anilines is 1. The third-order valence-electron chi connectivity index (χ3n) is 11.4. The molecule has 270 valence electrons. The van der Waals surface area contributed by atoms with Crippen LogP contribution in [-0.2, 0) is 33.2 Å². The second kappa shape index (κ2) is 14.7. The topological polar surface area (TPSA) is 135 Å². The predicted molar refractivity (Wildman–Crippen MR) is 195 cm³/mol. The molecule has 1 heterocycles. The third-order valence-corrected chi connectivity index (χ3v) is 12.4. The third kappa shape index (κ3) is 7.92. The van der Waals surface area contributed by atoms with Crippen LogP contribution in [0.5, 0.6) is 11.5 Å². The molecule has 11 heteroatoms. The number of carboxylic acids is 1. The molecule has 50 heavy (non-hydrogen) atoms. The summed E-state index contributed by atoms with van der Waals surface area (Å²) in [6.07, 6.45) is 8.90. The van der Waals surface area contributed by atoms with Crippen LogP contribution in [0.3, 0.4) is 0 Å². The molecule has 3 N–H and O–H groups in total. The molecule has 6 rings (SSSR count). The fraction of sp³-hybridized carbons (Fsp3) is 0.538. The van der Waals surface area contributed by atoms with Gasteiger partial charge in [0.15, 0.2) is 0 Å². The summed E-state index contributed by atoms with van der Waals surface area (Å²) in [6, 6.07) is 15.3. The van der Waals surface area contributed by atoms with E-state index in [1.165, 1.54) is 16.7 Å². The summed E-state index contributed by atoms with van der Waals surface area (Å²) in [5, 5.41) is 14.5. The molecule has 3 aliphatic carbocycles. The molecule has 1 aromatic heterocycles. The van der Waals surface area contributed by atoms with Gasteiger partial charge in [-0.3, -0.25) is 9.54 Å². The van der Waals surface area contributed by atoms with Crippen molar-refractivity contribution in [2.75, 3.05) is 17.7 Å². The van der Waals surface area contributed by atoms with Crippen molar-refractivity contribution in [1.29, 1.82) is 0 Å². The molecule has 1 fully saturated rings. The molecule has 0 aliphatic heterocycles. The lowest BCUT2D eigenvalue weighted by Gasteiger charge is -2.47. The number of nitrogens with one attached hydrogen (secondary N) is 1. The zero-order valence-corrected chi connectivity index (χ0v) is 30.7. The fourth-order valence-corrected chi connectivity index (χ4v) is 9.58. The highest BCUT2D eigenvalue weighted by Crippen LogP contribution is 2.57. The van der Waals surface area contributed by atoms with Gasteiger partial charge in [-0.25, -0.2) is 4.79 Å². The van der Waals surface area contributed by atoms with Crippen LogP contribution in [0, 0.1) is 11.8 Å². The van der Waals surface area contributed by atoms with Crippen LogP contribution in [0.2, 0.25) is 5.02 Å². The summed E-state index contributed by atoms with van der Waals surface area (Å²) in [6.45, 7) is 6.87. The molecule has 1 unspecified atom stereocenters. The van der Waals surface area contributed by atoms with E-state index in [1.807, 2.05) is 30.5 Å². The Balaban J connectivity index is 1.24. The SMILES string of the molecule is CC(CCS(=O)(=O)O)Oc1ccc2c(c1)C1(CCC(Nc3cccc(Cl)c3)(C(=O)O)CC1)[C@@H](C[C@@H](C)COc1ccnc3c1[C@H](C)CCC3)C2. The molecule has 0 bridgehead atoms. The van der Waals surface area contributed by atoms with Crippen LogP contribution < -0.4 is 14.8 Å². The second-order valence-electron chi connectivity index (χ2n) is 15.0. The van der Waals surface area contributed by atoms with E-state index in [4.69, 9.17) is 21.1 Å². The van der Waals surface area contributed by atoms with E-state index in [1.54, 1.807) is 19.1 Å². The minimum Gasteiger partial charge on any atom is -0.493 e. The molecular weight excluding hydrogens is 676 g/mol. The summed E-state index contributed by atoms with van der Waals surface area (Å²) in [4.78, 5) is 17.6. The first kappa shape index (κ1) is 36.5. The van der Waals surface area contributed by atoms with Crippen molar-refractivity contribution in [2.45, 2.75) is 108 Å². The lowest BCUT2D eigenvalue weighted by atomic mass is 9.59. The molecular formula is C39H49ClN2O7S. The van der Waals surface area contributed by atoms with Gasteiger partial charge >= 0.3 is 5.97 Å². The van der Waals surface area contributed by atoms with Gasteiger partial charge in [0.1, 0.15) is 17.0 Å². The van der Waals surface area contributed by atoms with E-state index in [0.717, 1.165) is 43.5 Å². The Hall–Kier alpha value is -3.34. The van der Waals surface area contributed by atoms with Crippen molar-refractivity contribution >= 4 is 33.4 Å². The smallest absolute Gasteiger partial charge is 0.329 e. The van der Waals surface area contributed by atoms with Crippen molar-refractivity contribution in [2.24, 2.45) is 11.8 Å². The number of carboxylic acid groups (broad SMARTS) is 1. The maximum absolute atomic E-state index is 12.9. The van der Waals surface area contributed by atoms with Crippen molar-refractivity contribution in [1.82, 2.24) is 4.98 Å². The van der Waals surface area contributed by atoms with Gasteiger partial charge in [0.25, 0.3) is 10.1 Å². The van der Waals surface area contributed by atoms with Gasteiger partial charge in [-0.05, 0) is 135 Å².